The lowest BCUT2D eigenvalue weighted by Crippen LogP contribution is -2.21. The minimum Gasteiger partial charge on any atom is -0.440 e. The van der Waals surface area contributed by atoms with E-state index in [4.69, 9.17) is 26.8 Å². The van der Waals surface area contributed by atoms with Crippen LogP contribution >= 0.6 is 22.9 Å². The Kier molecular flexibility index (Phi) is 5.60. The maximum Gasteiger partial charge on any atom is 0.355 e. The van der Waals surface area contributed by atoms with Crippen LogP contribution in [-0.2, 0) is 0 Å². The van der Waals surface area contributed by atoms with Crippen LogP contribution in [0, 0.1) is 18.3 Å². The molecule has 1 aliphatic heterocycles. The molecule has 0 bridgehead atoms. The minimum atomic E-state index is -0.550. The molecule has 4 aromatic carbocycles. The Bertz CT molecular complexity index is 1810. The van der Waals surface area contributed by atoms with E-state index in [1.54, 1.807) is 12.1 Å². The number of carbonyl (C=O) groups is 1. The van der Waals surface area contributed by atoms with Crippen LogP contribution in [0.15, 0.2) is 90.3 Å². The molecule has 0 radical (unpaired) electrons. The van der Waals surface area contributed by atoms with Crippen LogP contribution < -0.4 is 15.2 Å². The molecule has 37 heavy (non-hydrogen) atoms. The van der Waals surface area contributed by atoms with Gasteiger partial charge in [-0.25, -0.2) is 4.79 Å². The minimum absolute atomic E-state index is 0.0272. The first-order valence-electron chi connectivity index (χ1n) is 11.5. The molecule has 1 unspecified atom stereocenters. The number of carbonyl (C=O) groups excluding carboxylic acids is 1. The number of allylic oxidation sites excluding steroid dienone is 1. The van der Waals surface area contributed by atoms with Crippen LogP contribution in [0.4, 0.5) is 0 Å². The molecule has 5 aromatic rings. The molecule has 2 N–H and O–H groups in total. The SMILES string of the molecule is Cc1ccc2c(Cl)c(C(=O)Oc3ccc4c(c3)OC(N)=C(C#N)C4c3cccc4ccccc34)sc2c1. The lowest BCUT2D eigenvalue weighted by molar-refractivity contribution is 0.0740. The molecular formula is C30H19ClN2O3S. The van der Waals surface area contributed by atoms with Gasteiger partial charge in [-0.3, -0.25) is 0 Å². The topological polar surface area (TPSA) is 85.3 Å². The highest BCUT2D eigenvalue weighted by Gasteiger charge is 2.32. The van der Waals surface area contributed by atoms with Crippen LogP contribution in [0.1, 0.15) is 32.3 Å². The van der Waals surface area contributed by atoms with Crippen molar-refractivity contribution in [2.45, 2.75) is 12.8 Å². The molecule has 0 spiro atoms. The van der Waals surface area contributed by atoms with E-state index in [2.05, 4.69) is 6.07 Å². The molecule has 1 aliphatic rings. The highest BCUT2D eigenvalue weighted by molar-refractivity contribution is 7.21. The Hall–Kier alpha value is -4.31. The largest absolute Gasteiger partial charge is 0.440 e. The molecule has 1 atom stereocenters. The first-order chi connectivity index (χ1) is 17.9. The standard InChI is InChI=1S/C30H19ClN2O3S/c1-16-9-11-22-25(13-16)37-28(27(22)31)30(34)35-18-10-12-21-24(14-18)36-29(33)23(15-32)26(21)20-8-4-6-17-5-2-3-7-19(17)20/h2-14,26H,33H2,1H3. The van der Waals surface area contributed by atoms with Crippen LogP contribution in [0.3, 0.4) is 0 Å². The molecule has 1 aromatic heterocycles. The molecule has 0 amide bonds. The number of nitrogens with two attached hydrogens (primary N) is 1. The van der Waals surface area contributed by atoms with Crippen molar-refractivity contribution < 1.29 is 14.3 Å². The molecular weight excluding hydrogens is 504 g/mol. The number of benzene rings is 4. The van der Waals surface area contributed by atoms with Crippen LogP contribution in [0.5, 0.6) is 11.5 Å². The zero-order valence-electron chi connectivity index (χ0n) is 19.6. The van der Waals surface area contributed by atoms with Crippen molar-refractivity contribution in [1.29, 1.82) is 5.26 Å². The van der Waals surface area contributed by atoms with Gasteiger partial charge in [0.05, 0.1) is 10.9 Å². The van der Waals surface area contributed by atoms with E-state index in [1.807, 2.05) is 73.7 Å². The number of rotatable bonds is 3. The van der Waals surface area contributed by atoms with E-state index in [9.17, 15) is 10.1 Å². The van der Waals surface area contributed by atoms with Gasteiger partial charge in [0.1, 0.15) is 28.0 Å². The quantitative estimate of drug-likeness (QED) is 0.196. The highest BCUT2D eigenvalue weighted by Crippen LogP contribution is 2.45. The van der Waals surface area contributed by atoms with E-state index in [1.165, 1.54) is 11.3 Å². The second-order valence-electron chi connectivity index (χ2n) is 8.83. The van der Waals surface area contributed by atoms with Gasteiger partial charge in [-0.05, 0) is 41.0 Å². The summed E-state index contributed by atoms with van der Waals surface area (Å²) >= 11 is 7.80. The van der Waals surface area contributed by atoms with E-state index >= 15 is 0 Å². The summed E-state index contributed by atoms with van der Waals surface area (Å²) in [5.41, 5.74) is 9.33. The molecule has 7 heteroatoms. The molecule has 6 rings (SSSR count). The van der Waals surface area contributed by atoms with E-state index < -0.39 is 11.9 Å². The third kappa shape index (κ3) is 3.89. The van der Waals surface area contributed by atoms with Crippen molar-refractivity contribution in [2.24, 2.45) is 5.73 Å². The summed E-state index contributed by atoms with van der Waals surface area (Å²) in [4.78, 5) is 13.4. The summed E-state index contributed by atoms with van der Waals surface area (Å²) in [7, 11) is 0. The first kappa shape index (κ1) is 23.1. The number of fused-ring (bicyclic) bond motifs is 3. The van der Waals surface area contributed by atoms with Crippen LogP contribution in [0.2, 0.25) is 5.02 Å². The van der Waals surface area contributed by atoms with Crippen molar-refractivity contribution in [3.63, 3.8) is 0 Å². The molecule has 0 saturated carbocycles. The molecule has 0 fully saturated rings. The highest BCUT2D eigenvalue weighted by atomic mass is 35.5. The Labute approximate surface area is 221 Å². The van der Waals surface area contributed by atoms with Gasteiger partial charge in [0, 0.05) is 21.7 Å². The lowest BCUT2D eigenvalue weighted by atomic mass is 9.81. The number of ether oxygens (including phenoxy) is 2. The Morgan fingerprint density at radius 1 is 1.03 bits per heavy atom. The third-order valence-electron chi connectivity index (χ3n) is 6.51. The maximum atomic E-state index is 13.0. The lowest BCUT2D eigenvalue weighted by Gasteiger charge is -2.27. The van der Waals surface area contributed by atoms with Crippen molar-refractivity contribution >= 4 is 49.8 Å². The zero-order valence-corrected chi connectivity index (χ0v) is 21.2. The number of halogens is 1. The Balaban J connectivity index is 1.39. The Morgan fingerprint density at radius 3 is 2.68 bits per heavy atom. The molecule has 180 valence electrons. The van der Waals surface area contributed by atoms with Crippen molar-refractivity contribution in [3.05, 3.63) is 117 Å². The smallest absolute Gasteiger partial charge is 0.355 e. The van der Waals surface area contributed by atoms with Gasteiger partial charge >= 0.3 is 5.97 Å². The predicted octanol–water partition coefficient (Wildman–Crippen LogP) is 7.45. The van der Waals surface area contributed by atoms with E-state index in [-0.39, 0.29) is 5.88 Å². The van der Waals surface area contributed by atoms with Crippen molar-refractivity contribution in [1.82, 2.24) is 0 Å². The van der Waals surface area contributed by atoms with Gasteiger partial charge in [-0.1, -0.05) is 72.3 Å². The van der Waals surface area contributed by atoms with E-state index in [0.717, 1.165) is 37.5 Å². The number of esters is 1. The summed E-state index contributed by atoms with van der Waals surface area (Å²) in [5, 5.41) is 13.2. The van der Waals surface area contributed by atoms with Gasteiger partial charge in [-0.2, -0.15) is 5.26 Å². The average molecular weight is 523 g/mol. The predicted molar refractivity (Wildman–Crippen MR) is 146 cm³/mol. The summed E-state index contributed by atoms with van der Waals surface area (Å²) in [6.07, 6.45) is 0. The van der Waals surface area contributed by atoms with Crippen LogP contribution in [0.25, 0.3) is 20.9 Å². The Morgan fingerprint density at radius 2 is 1.84 bits per heavy atom. The van der Waals surface area contributed by atoms with Crippen LogP contribution in [-0.4, -0.2) is 5.97 Å². The van der Waals surface area contributed by atoms with Gasteiger partial charge in [-0.15, -0.1) is 11.3 Å². The number of thiophene rings is 1. The van der Waals surface area contributed by atoms with Gasteiger partial charge in [0.2, 0.25) is 5.88 Å². The summed E-state index contributed by atoms with van der Waals surface area (Å²) in [5.74, 6) is -0.230. The van der Waals surface area contributed by atoms with E-state index in [0.29, 0.717) is 27.0 Å². The zero-order chi connectivity index (χ0) is 25.7. The number of hydrogen-bond donors (Lipinski definition) is 1. The molecule has 5 nitrogen and oxygen atoms in total. The number of nitrogens with zero attached hydrogens (tertiary/aromatic N) is 1. The summed E-state index contributed by atoms with van der Waals surface area (Å²) < 4.78 is 12.4. The molecule has 0 aliphatic carbocycles. The fourth-order valence-corrected chi connectivity index (χ4v) is 6.26. The average Bonchev–Trinajstić information content (AvgIpc) is 3.23. The van der Waals surface area contributed by atoms with Crippen molar-refractivity contribution in [3.8, 4) is 17.6 Å². The number of nitriles is 1. The molecule has 2 heterocycles. The summed E-state index contributed by atoms with van der Waals surface area (Å²) in [6, 6.07) is 27.2. The van der Waals surface area contributed by atoms with Gasteiger partial charge in [0.15, 0.2) is 0 Å². The number of aryl methyl sites for hydroxylation is 1. The fourth-order valence-electron chi connectivity index (χ4n) is 4.78. The summed E-state index contributed by atoms with van der Waals surface area (Å²) in [6.45, 7) is 1.99. The first-order valence-corrected chi connectivity index (χ1v) is 12.7. The number of hydrogen-bond acceptors (Lipinski definition) is 6. The fraction of sp³-hybridized carbons (Fsp3) is 0.0667. The van der Waals surface area contributed by atoms with Gasteiger partial charge < -0.3 is 15.2 Å². The monoisotopic (exact) mass is 522 g/mol. The second kappa shape index (κ2) is 8.97. The van der Waals surface area contributed by atoms with Crippen molar-refractivity contribution in [2.75, 3.05) is 0 Å². The molecule has 0 saturated heterocycles. The second-order valence-corrected chi connectivity index (χ2v) is 10.3. The van der Waals surface area contributed by atoms with Gasteiger partial charge in [0.25, 0.3) is 0 Å². The normalized spacial score (nSPS) is 14.8. The maximum absolute atomic E-state index is 13.0. The third-order valence-corrected chi connectivity index (χ3v) is 8.14.